The summed E-state index contributed by atoms with van der Waals surface area (Å²) in [6.45, 7) is 5.58. The quantitative estimate of drug-likeness (QED) is 0.0579. The van der Waals surface area contributed by atoms with Crippen LogP contribution < -0.4 is 0 Å². The first-order chi connectivity index (χ1) is 20.7. The van der Waals surface area contributed by atoms with Crippen molar-refractivity contribution < 1.29 is 14.6 Å². The lowest BCUT2D eigenvalue weighted by atomic mass is 9.94. The molecule has 252 valence electrons. The fourth-order valence-corrected chi connectivity index (χ4v) is 6.23. The highest BCUT2D eigenvalue weighted by Gasteiger charge is 2.12. The maximum absolute atomic E-state index is 12.5. The molecule has 0 spiro atoms. The number of ether oxygens (including phenoxy) is 1. The fraction of sp³-hybridized carbons (Fsp3) is 0.974. The molecule has 0 saturated carbocycles. The number of aliphatic hydroxyl groups excluding tert-OH is 1. The Morgan fingerprint density at radius 3 is 1.12 bits per heavy atom. The molecule has 3 heteroatoms. The summed E-state index contributed by atoms with van der Waals surface area (Å²) in [6, 6.07) is 0. The van der Waals surface area contributed by atoms with E-state index in [-0.39, 0.29) is 5.97 Å². The third-order valence-corrected chi connectivity index (χ3v) is 9.20. The van der Waals surface area contributed by atoms with E-state index in [0.717, 1.165) is 19.3 Å². The third-order valence-electron chi connectivity index (χ3n) is 9.20. The molecule has 0 radical (unpaired) electrons. The van der Waals surface area contributed by atoms with E-state index < -0.39 is 0 Å². The summed E-state index contributed by atoms with van der Waals surface area (Å²) in [7, 11) is 0. The minimum absolute atomic E-state index is 0.0418. The maximum atomic E-state index is 12.5. The van der Waals surface area contributed by atoms with E-state index in [9.17, 15) is 4.79 Å². The highest BCUT2D eigenvalue weighted by molar-refractivity contribution is 5.69. The van der Waals surface area contributed by atoms with E-state index in [4.69, 9.17) is 9.84 Å². The summed E-state index contributed by atoms with van der Waals surface area (Å²) in [5.74, 6) is 0.609. The van der Waals surface area contributed by atoms with Gasteiger partial charge in [0.15, 0.2) is 0 Å². The number of carbonyl (C=O) groups excluding carboxylic acids is 1. The molecule has 0 fully saturated rings. The van der Waals surface area contributed by atoms with Crippen LogP contribution in [0.15, 0.2) is 0 Å². The Morgan fingerprint density at radius 1 is 0.452 bits per heavy atom. The molecule has 0 aliphatic heterocycles. The van der Waals surface area contributed by atoms with Gasteiger partial charge in [-0.05, 0) is 31.6 Å². The van der Waals surface area contributed by atoms with Gasteiger partial charge in [0, 0.05) is 13.0 Å². The normalized spacial score (nSPS) is 12.2. The van der Waals surface area contributed by atoms with Gasteiger partial charge in [0.2, 0.25) is 0 Å². The number of esters is 1. The molecule has 1 atom stereocenters. The van der Waals surface area contributed by atoms with Crippen LogP contribution in [0.4, 0.5) is 0 Å². The van der Waals surface area contributed by atoms with E-state index in [1.54, 1.807) is 0 Å². The molecule has 0 amide bonds. The average molecular weight is 595 g/mol. The molecule has 0 rings (SSSR count). The van der Waals surface area contributed by atoms with E-state index in [1.165, 1.54) is 186 Å². The van der Waals surface area contributed by atoms with Crippen molar-refractivity contribution in [2.45, 2.75) is 226 Å². The zero-order valence-corrected chi connectivity index (χ0v) is 29.1. The molecule has 0 bridgehead atoms. The van der Waals surface area contributed by atoms with Crippen molar-refractivity contribution in [2.75, 3.05) is 13.2 Å². The van der Waals surface area contributed by atoms with Crippen LogP contribution >= 0.6 is 0 Å². The number of hydrogen-bond acceptors (Lipinski definition) is 3. The van der Waals surface area contributed by atoms with Gasteiger partial charge in [0.1, 0.15) is 0 Å². The minimum atomic E-state index is 0.0418. The van der Waals surface area contributed by atoms with Crippen molar-refractivity contribution >= 4 is 5.97 Å². The van der Waals surface area contributed by atoms with E-state index in [2.05, 4.69) is 13.8 Å². The Kier molecular flexibility index (Phi) is 36.1. The molecule has 42 heavy (non-hydrogen) atoms. The lowest BCUT2D eigenvalue weighted by molar-refractivity contribution is -0.145. The lowest BCUT2D eigenvalue weighted by Gasteiger charge is -2.17. The first-order valence-corrected chi connectivity index (χ1v) is 19.5. The van der Waals surface area contributed by atoms with Gasteiger partial charge < -0.3 is 9.84 Å². The molecule has 0 heterocycles. The second-order valence-corrected chi connectivity index (χ2v) is 13.5. The highest BCUT2D eigenvalue weighted by Crippen LogP contribution is 2.21. The monoisotopic (exact) mass is 595 g/mol. The fourth-order valence-electron chi connectivity index (χ4n) is 6.23. The summed E-state index contributed by atoms with van der Waals surface area (Å²) in [6.07, 6.45) is 42.7. The molecular formula is C39H78O3. The standard InChI is InChI=1S/C39H78O3/c1-3-5-7-9-11-13-18-22-26-30-34-38(33-29-25-21-12-10-8-6-4-2)37-42-39(41)35-31-27-23-19-16-14-15-17-20-24-28-32-36-40/h38,40H,3-37H2,1-2H3. The molecular weight excluding hydrogens is 516 g/mol. The van der Waals surface area contributed by atoms with Crippen molar-refractivity contribution in [3.05, 3.63) is 0 Å². The molecule has 1 unspecified atom stereocenters. The second kappa shape index (κ2) is 36.6. The average Bonchev–Trinajstić information content (AvgIpc) is 3.00. The Morgan fingerprint density at radius 2 is 0.762 bits per heavy atom. The van der Waals surface area contributed by atoms with Gasteiger partial charge in [-0.25, -0.2) is 0 Å². The maximum Gasteiger partial charge on any atom is 0.305 e. The Balaban J connectivity index is 3.94. The van der Waals surface area contributed by atoms with Gasteiger partial charge in [0.05, 0.1) is 6.61 Å². The van der Waals surface area contributed by atoms with Gasteiger partial charge in [-0.15, -0.1) is 0 Å². The van der Waals surface area contributed by atoms with Gasteiger partial charge in [-0.2, -0.15) is 0 Å². The molecule has 0 aromatic carbocycles. The van der Waals surface area contributed by atoms with Crippen LogP contribution in [0.2, 0.25) is 0 Å². The van der Waals surface area contributed by atoms with Crippen molar-refractivity contribution in [1.29, 1.82) is 0 Å². The largest absolute Gasteiger partial charge is 0.465 e. The molecule has 3 nitrogen and oxygen atoms in total. The van der Waals surface area contributed by atoms with Crippen LogP contribution in [0.25, 0.3) is 0 Å². The number of unbranched alkanes of at least 4 members (excludes halogenated alkanes) is 27. The van der Waals surface area contributed by atoms with Crippen LogP contribution in [0.3, 0.4) is 0 Å². The zero-order chi connectivity index (χ0) is 30.6. The highest BCUT2D eigenvalue weighted by atomic mass is 16.5. The lowest BCUT2D eigenvalue weighted by Crippen LogP contribution is -2.14. The molecule has 1 N–H and O–H groups in total. The summed E-state index contributed by atoms with van der Waals surface area (Å²) in [5, 5.41) is 8.83. The molecule has 0 aromatic rings. The number of aliphatic hydroxyl groups is 1. The van der Waals surface area contributed by atoms with E-state index in [1.807, 2.05) is 0 Å². The predicted molar refractivity (Wildman–Crippen MR) is 185 cm³/mol. The van der Waals surface area contributed by atoms with Crippen molar-refractivity contribution in [3.8, 4) is 0 Å². The van der Waals surface area contributed by atoms with Crippen molar-refractivity contribution in [1.82, 2.24) is 0 Å². The molecule has 0 aromatic heterocycles. The van der Waals surface area contributed by atoms with E-state index >= 15 is 0 Å². The molecule has 0 aliphatic rings. The number of carbonyl (C=O) groups is 1. The first kappa shape index (κ1) is 41.4. The first-order valence-electron chi connectivity index (χ1n) is 19.5. The summed E-state index contributed by atoms with van der Waals surface area (Å²) >= 11 is 0. The smallest absolute Gasteiger partial charge is 0.305 e. The van der Waals surface area contributed by atoms with Crippen LogP contribution in [0.1, 0.15) is 226 Å². The van der Waals surface area contributed by atoms with Gasteiger partial charge in [-0.1, -0.05) is 194 Å². The Bertz CT molecular complexity index is 506. The van der Waals surface area contributed by atoms with Crippen LogP contribution in [-0.2, 0) is 9.53 Å². The minimum Gasteiger partial charge on any atom is -0.465 e. The Hall–Kier alpha value is -0.570. The van der Waals surface area contributed by atoms with Crippen LogP contribution in [0, 0.1) is 5.92 Å². The summed E-state index contributed by atoms with van der Waals surface area (Å²) < 4.78 is 5.82. The van der Waals surface area contributed by atoms with Crippen molar-refractivity contribution in [2.24, 2.45) is 5.92 Å². The second-order valence-electron chi connectivity index (χ2n) is 13.5. The number of rotatable bonds is 36. The van der Waals surface area contributed by atoms with Gasteiger partial charge in [-0.3, -0.25) is 4.79 Å². The topological polar surface area (TPSA) is 46.5 Å². The summed E-state index contributed by atoms with van der Waals surface area (Å²) in [5.41, 5.74) is 0. The predicted octanol–water partition coefficient (Wildman–Crippen LogP) is 13.1. The third kappa shape index (κ3) is 33.9. The van der Waals surface area contributed by atoms with Crippen LogP contribution in [-0.4, -0.2) is 24.3 Å². The molecule has 0 saturated heterocycles. The number of hydrogen-bond donors (Lipinski definition) is 1. The molecule has 0 aliphatic carbocycles. The summed E-state index contributed by atoms with van der Waals surface area (Å²) in [4.78, 5) is 12.5. The van der Waals surface area contributed by atoms with E-state index in [0.29, 0.717) is 25.6 Å². The van der Waals surface area contributed by atoms with Gasteiger partial charge in [0.25, 0.3) is 0 Å². The SMILES string of the molecule is CCCCCCCCCCCCC(CCCCCCCCCC)COC(=O)CCCCCCCCCCCCCCO. The zero-order valence-electron chi connectivity index (χ0n) is 29.1. The van der Waals surface area contributed by atoms with Crippen molar-refractivity contribution in [3.63, 3.8) is 0 Å². The van der Waals surface area contributed by atoms with Gasteiger partial charge >= 0.3 is 5.97 Å². The Labute approximate surface area is 265 Å². The van der Waals surface area contributed by atoms with Crippen LogP contribution in [0.5, 0.6) is 0 Å².